The Bertz CT molecular complexity index is 1260. The summed E-state index contributed by atoms with van der Waals surface area (Å²) in [6, 6.07) is 6.49. The Labute approximate surface area is 205 Å². The maximum Gasteiger partial charge on any atom is 0.253 e. The molecule has 3 aromatic rings. The minimum absolute atomic E-state index is 0.127. The Morgan fingerprint density at radius 1 is 1.21 bits per heavy atom. The lowest BCUT2D eigenvalue weighted by atomic mass is 10.0. The predicted molar refractivity (Wildman–Crippen MR) is 131 cm³/mol. The molecule has 1 unspecified atom stereocenters. The molecule has 178 valence electrons. The van der Waals surface area contributed by atoms with E-state index < -0.39 is 16.1 Å². The molecule has 4 rings (SSSR count). The van der Waals surface area contributed by atoms with E-state index in [1.807, 2.05) is 19.0 Å². The highest BCUT2D eigenvalue weighted by atomic mass is 35.5. The summed E-state index contributed by atoms with van der Waals surface area (Å²) in [7, 11) is -0.0755. The number of aromatic nitrogens is 1. The van der Waals surface area contributed by atoms with Gasteiger partial charge in [0.05, 0.1) is 14.6 Å². The maximum absolute atomic E-state index is 13.8. The molecule has 2 aromatic heterocycles. The highest BCUT2D eigenvalue weighted by Gasteiger charge is 2.41. The summed E-state index contributed by atoms with van der Waals surface area (Å²) < 4.78 is 42.9. The van der Waals surface area contributed by atoms with E-state index in [2.05, 4.69) is 4.98 Å². The van der Waals surface area contributed by atoms with E-state index in [0.717, 1.165) is 17.8 Å². The number of carbonyl (C=O) groups is 1. The topological polar surface area (TPSA) is 73.8 Å². The third kappa shape index (κ3) is 5.23. The van der Waals surface area contributed by atoms with Crippen molar-refractivity contribution < 1.29 is 17.6 Å². The fraction of sp³-hybridized carbons (Fsp3) is 0.429. The van der Waals surface area contributed by atoms with Crippen LogP contribution in [0.15, 0.2) is 34.5 Å². The number of sulfonamides is 1. The van der Waals surface area contributed by atoms with Crippen LogP contribution in [0.5, 0.6) is 0 Å². The van der Waals surface area contributed by atoms with E-state index in [4.69, 9.17) is 11.6 Å². The highest BCUT2D eigenvalue weighted by molar-refractivity contribution is 7.91. The zero-order chi connectivity index (χ0) is 23.8. The average Bonchev–Trinajstić information content (AvgIpc) is 3.39. The third-order valence-corrected chi connectivity index (χ3v) is 10.1. The van der Waals surface area contributed by atoms with Gasteiger partial charge in [0.25, 0.3) is 10.0 Å². The number of fused-ring (bicyclic) bond motifs is 1. The molecule has 0 saturated carbocycles. The summed E-state index contributed by atoms with van der Waals surface area (Å²) in [6.45, 7) is 1.17. The molecule has 1 amide bonds. The van der Waals surface area contributed by atoms with Crippen molar-refractivity contribution in [3.8, 4) is 0 Å². The molecular weight excluding hydrogens is 507 g/mol. The Kier molecular flexibility index (Phi) is 7.37. The summed E-state index contributed by atoms with van der Waals surface area (Å²) in [4.78, 5) is 21.9. The number of benzene rings is 1. The standard InChI is InChI=1S/C21H24ClFN4O3S3/c1-25(2)11-12-26(21-24-15-7-6-14(23)13-17(15)31-21)20(28)16-5-3-4-10-27(16)33(29,30)19-9-8-18(22)32-19/h6-9,13,16H,3-5,10-12H2,1-2H3. The van der Waals surface area contributed by atoms with Gasteiger partial charge in [-0.2, -0.15) is 4.31 Å². The highest BCUT2D eigenvalue weighted by Crippen LogP contribution is 2.34. The summed E-state index contributed by atoms with van der Waals surface area (Å²) in [5.41, 5.74) is 0.598. The molecule has 1 atom stereocenters. The van der Waals surface area contributed by atoms with Gasteiger partial charge in [-0.3, -0.25) is 9.69 Å². The molecule has 0 bridgehead atoms. The van der Waals surface area contributed by atoms with Gasteiger partial charge in [-0.05, 0) is 57.3 Å². The molecule has 0 spiro atoms. The van der Waals surface area contributed by atoms with Crippen molar-refractivity contribution in [2.24, 2.45) is 0 Å². The number of nitrogens with zero attached hydrogens (tertiary/aromatic N) is 4. The Morgan fingerprint density at radius 2 is 2.00 bits per heavy atom. The van der Waals surface area contributed by atoms with Gasteiger partial charge in [-0.15, -0.1) is 11.3 Å². The van der Waals surface area contributed by atoms with Crippen molar-refractivity contribution in [1.82, 2.24) is 14.2 Å². The molecule has 0 radical (unpaired) electrons. The van der Waals surface area contributed by atoms with Crippen molar-refractivity contribution in [1.29, 1.82) is 0 Å². The van der Waals surface area contributed by atoms with Gasteiger partial charge >= 0.3 is 0 Å². The van der Waals surface area contributed by atoms with Gasteiger partial charge in [0.1, 0.15) is 16.1 Å². The molecular formula is C21H24ClFN4O3S3. The van der Waals surface area contributed by atoms with Crippen LogP contribution >= 0.6 is 34.3 Å². The van der Waals surface area contributed by atoms with Crippen LogP contribution in [-0.4, -0.2) is 68.3 Å². The van der Waals surface area contributed by atoms with E-state index in [-0.39, 0.29) is 22.5 Å². The number of anilines is 1. The summed E-state index contributed by atoms with van der Waals surface area (Å²) in [5, 5.41) is 0.435. The molecule has 1 aromatic carbocycles. The first-order valence-corrected chi connectivity index (χ1v) is 13.9. The van der Waals surface area contributed by atoms with Crippen LogP contribution in [0, 0.1) is 5.82 Å². The number of likely N-dealkylation sites (N-methyl/N-ethyl adjacent to an activating group) is 1. The zero-order valence-corrected chi connectivity index (χ0v) is 21.4. The van der Waals surface area contributed by atoms with Crippen LogP contribution in [0.1, 0.15) is 19.3 Å². The number of halogens is 2. The number of thiazole rings is 1. The number of thiophene rings is 1. The summed E-state index contributed by atoms with van der Waals surface area (Å²) in [5.74, 6) is -0.690. The summed E-state index contributed by atoms with van der Waals surface area (Å²) in [6.07, 6.45) is 1.86. The molecule has 0 aliphatic carbocycles. The molecule has 12 heteroatoms. The largest absolute Gasteiger partial charge is 0.308 e. The number of hydrogen-bond donors (Lipinski definition) is 0. The lowest BCUT2D eigenvalue weighted by Crippen LogP contribution is -2.53. The van der Waals surface area contributed by atoms with Gasteiger partial charge in [0, 0.05) is 19.6 Å². The molecule has 0 N–H and O–H groups in total. The fourth-order valence-corrected chi connectivity index (χ4v) is 8.06. The molecule has 1 aliphatic heterocycles. The van der Waals surface area contributed by atoms with Crippen LogP contribution in [0.4, 0.5) is 9.52 Å². The third-order valence-electron chi connectivity index (χ3n) is 5.46. The SMILES string of the molecule is CN(C)CCN(C(=O)C1CCCCN1S(=O)(=O)c1ccc(Cl)s1)c1nc2ccc(F)cc2s1. The van der Waals surface area contributed by atoms with Gasteiger partial charge < -0.3 is 4.90 Å². The van der Waals surface area contributed by atoms with Crippen molar-refractivity contribution in [3.05, 3.63) is 40.5 Å². The van der Waals surface area contributed by atoms with Gasteiger partial charge in [0.15, 0.2) is 5.13 Å². The van der Waals surface area contributed by atoms with Crippen LogP contribution in [0.2, 0.25) is 4.34 Å². The van der Waals surface area contributed by atoms with E-state index >= 15 is 0 Å². The van der Waals surface area contributed by atoms with Crippen molar-refractivity contribution in [3.63, 3.8) is 0 Å². The maximum atomic E-state index is 13.8. The smallest absolute Gasteiger partial charge is 0.253 e. The van der Waals surface area contributed by atoms with Gasteiger partial charge in [-0.1, -0.05) is 29.4 Å². The molecule has 1 fully saturated rings. The number of piperidine rings is 1. The van der Waals surface area contributed by atoms with E-state index in [0.29, 0.717) is 45.6 Å². The van der Waals surface area contributed by atoms with Gasteiger partial charge in [-0.25, -0.2) is 17.8 Å². The van der Waals surface area contributed by atoms with Crippen molar-refractivity contribution in [2.75, 3.05) is 38.6 Å². The first-order valence-electron chi connectivity index (χ1n) is 10.5. The second-order valence-electron chi connectivity index (χ2n) is 8.09. The quantitative estimate of drug-likeness (QED) is 0.455. The molecule has 1 saturated heterocycles. The average molecular weight is 531 g/mol. The number of rotatable bonds is 7. The number of hydrogen-bond acceptors (Lipinski definition) is 7. The van der Waals surface area contributed by atoms with Crippen LogP contribution < -0.4 is 4.90 Å². The van der Waals surface area contributed by atoms with E-state index in [1.165, 1.54) is 33.8 Å². The first kappa shape index (κ1) is 24.5. The monoisotopic (exact) mass is 530 g/mol. The van der Waals surface area contributed by atoms with Crippen molar-refractivity contribution >= 4 is 65.6 Å². The van der Waals surface area contributed by atoms with E-state index in [1.54, 1.807) is 17.0 Å². The zero-order valence-electron chi connectivity index (χ0n) is 18.2. The lowest BCUT2D eigenvalue weighted by Gasteiger charge is -2.36. The van der Waals surface area contributed by atoms with Crippen LogP contribution in [0.25, 0.3) is 10.2 Å². The normalized spacial score (nSPS) is 17.7. The van der Waals surface area contributed by atoms with Gasteiger partial charge in [0.2, 0.25) is 5.91 Å². The Hall–Kier alpha value is -1.63. The minimum atomic E-state index is -3.87. The fourth-order valence-electron chi connectivity index (χ4n) is 3.77. The van der Waals surface area contributed by atoms with Crippen LogP contribution in [0.3, 0.4) is 0 Å². The second kappa shape index (κ2) is 9.93. The number of carbonyl (C=O) groups excluding carboxylic acids is 1. The second-order valence-corrected chi connectivity index (χ2v) is 12.9. The Morgan fingerprint density at radius 3 is 2.70 bits per heavy atom. The molecule has 7 nitrogen and oxygen atoms in total. The molecule has 3 heterocycles. The number of amides is 1. The minimum Gasteiger partial charge on any atom is -0.308 e. The Balaban J connectivity index is 1.70. The summed E-state index contributed by atoms with van der Waals surface area (Å²) >= 11 is 8.19. The van der Waals surface area contributed by atoms with E-state index in [9.17, 15) is 17.6 Å². The first-order chi connectivity index (χ1) is 15.7. The molecule has 33 heavy (non-hydrogen) atoms. The molecule has 1 aliphatic rings. The predicted octanol–water partition coefficient (Wildman–Crippen LogP) is 4.29. The lowest BCUT2D eigenvalue weighted by molar-refractivity contribution is -0.123. The van der Waals surface area contributed by atoms with Crippen LogP contribution in [-0.2, 0) is 14.8 Å². The van der Waals surface area contributed by atoms with Crippen molar-refractivity contribution in [2.45, 2.75) is 29.5 Å².